The van der Waals surface area contributed by atoms with Crippen molar-refractivity contribution < 1.29 is 9.13 Å². The summed E-state index contributed by atoms with van der Waals surface area (Å²) in [6.45, 7) is 2.58. The molecule has 20 heavy (non-hydrogen) atoms. The fourth-order valence-corrected chi connectivity index (χ4v) is 1.90. The van der Waals surface area contributed by atoms with E-state index in [0.29, 0.717) is 23.6 Å². The van der Waals surface area contributed by atoms with Crippen molar-refractivity contribution in [2.24, 2.45) is 0 Å². The Morgan fingerprint density at radius 3 is 2.70 bits per heavy atom. The second-order valence-electron chi connectivity index (χ2n) is 4.35. The largest absolute Gasteiger partial charge is 0.492 e. The molecule has 0 amide bonds. The molecule has 2 aromatic rings. The van der Waals surface area contributed by atoms with Gasteiger partial charge in [0.2, 0.25) is 0 Å². The molecule has 0 N–H and O–H groups in total. The third-order valence-corrected chi connectivity index (χ3v) is 2.87. The molecule has 0 spiro atoms. The lowest BCUT2D eigenvalue weighted by Crippen LogP contribution is -2.06. The van der Waals surface area contributed by atoms with Crippen LogP contribution in [0.15, 0.2) is 42.6 Å². The predicted octanol–water partition coefficient (Wildman–Crippen LogP) is 3.66. The van der Waals surface area contributed by atoms with Gasteiger partial charge in [-0.3, -0.25) is 4.98 Å². The van der Waals surface area contributed by atoms with Gasteiger partial charge < -0.3 is 4.74 Å². The second-order valence-corrected chi connectivity index (χ2v) is 4.35. The van der Waals surface area contributed by atoms with Crippen LogP contribution in [0.5, 0.6) is 5.75 Å². The van der Waals surface area contributed by atoms with Gasteiger partial charge >= 0.3 is 0 Å². The minimum Gasteiger partial charge on any atom is -0.492 e. The predicted molar refractivity (Wildman–Crippen MR) is 73.9 cm³/mol. The van der Waals surface area contributed by atoms with Gasteiger partial charge in [0.05, 0.1) is 12.7 Å². The third-order valence-electron chi connectivity index (χ3n) is 2.87. The summed E-state index contributed by atoms with van der Waals surface area (Å²) in [5.41, 5.74) is 1.27. The lowest BCUT2D eigenvalue weighted by Gasteiger charge is -2.14. The monoisotopic (exact) mass is 270 g/mol. The van der Waals surface area contributed by atoms with Crippen LogP contribution in [0.4, 0.5) is 4.39 Å². The zero-order valence-corrected chi connectivity index (χ0v) is 11.2. The molecule has 0 saturated heterocycles. The van der Waals surface area contributed by atoms with Gasteiger partial charge in [-0.2, -0.15) is 5.26 Å². The molecule has 0 aliphatic heterocycles. The minimum atomic E-state index is -0.566. The molecular formula is C16H15FN2O. The zero-order chi connectivity index (χ0) is 14.4. The van der Waals surface area contributed by atoms with E-state index in [-0.39, 0.29) is 5.82 Å². The second kappa shape index (κ2) is 6.67. The number of nitriles is 1. The van der Waals surface area contributed by atoms with Crippen LogP contribution in [0, 0.1) is 17.1 Å². The summed E-state index contributed by atoms with van der Waals surface area (Å²) < 4.78 is 18.6. The number of halogens is 1. The first kappa shape index (κ1) is 14.0. The van der Waals surface area contributed by atoms with Crippen LogP contribution in [-0.2, 0) is 0 Å². The quantitative estimate of drug-likeness (QED) is 0.832. The van der Waals surface area contributed by atoms with Crippen LogP contribution in [-0.4, -0.2) is 11.6 Å². The van der Waals surface area contributed by atoms with Crippen LogP contribution in [0.3, 0.4) is 0 Å². The van der Waals surface area contributed by atoms with Gasteiger partial charge in [-0.05, 0) is 36.2 Å². The van der Waals surface area contributed by atoms with Crippen molar-refractivity contribution in [2.45, 2.75) is 19.3 Å². The van der Waals surface area contributed by atoms with Crippen molar-refractivity contribution in [2.75, 3.05) is 6.61 Å². The normalized spacial score (nSPS) is 11.7. The Kier molecular flexibility index (Phi) is 4.67. The summed E-state index contributed by atoms with van der Waals surface area (Å²) in [5.74, 6) is -0.289. The van der Waals surface area contributed by atoms with E-state index >= 15 is 0 Å². The average Bonchev–Trinajstić information content (AvgIpc) is 2.49. The maximum atomic E-state index is 13.0. The van der Waals surface area contributed by atoms with E-state index in [1.807, 2.05) is 6.92 Å². The molecule has 0 fully saturated rings. The molecular weight excluding hydrogens is 255 g/mol. The molecule has 1 heterocycles. The molecule has 1 unspecified atom stereocenters. The van der Waals surface area contributed by atoms with E-state index in [4.69, 9.17) is 4.74 Å². The Hall–Kier alpha value is -2.41. The van der Waals surface area contributed by atoms with Gasteiger partial charge in [-0.15, -0.1) is 0 Å². The number of nitrogens with zero attached hydrogens (tertiary/aromatic N) is 2. The summed E-state index contributed by atoms with van der Waals surface area (Å²) >= 11 is 0. The van der Waals surface area contributed by atoms with Crippen molar-refractivity contribution in [1.82, 2.24) is 4.98 Å². The lowest BCUT2D eigenvalue weighted by atomic mass is 9.96. The number of aromatic nitrogens is 1. The Morgan fingerprint density at radius 1 is 1.30 bits per heavy atom. The van der Waals surface area contributed by atoms with E-state index in [1.165, 1.54) is 12.1 Å². The number of rotatable bonds is 5. The van der Waals surface area contributed by atoms with Crippen LogP contribution in [0.1, 0.15) is 30.5 Å². The topological polar surface area (TPSA) is 45.9 Å². The van der Waals surface area contributed by atoms with Crippen LogP contribution in [0.2, 0.25) is 0 Å². The molecule has 3 nitrogen and oxygen atoms in total. The molecule has 4 heteroatoms. The van der Waals surface area contributed by atoms with Crippen LogP contribution in [0.25, 0.3) is 0 Å². The summed E-state index contributed by atoms with van der Waals surface area (Å²) in [4.78, 5) is 4.26. The summed E-state index contributed by atoms with van der Waals surface area (Å²) in [6.07, 6.45) is 2.50. The number of pyridine rings is 1. The van der Waals surface area contributed by atoms with E-state index in [0.717, 1.165) is 6.42 Å². The van der Waals surface area contributed by atoms with Crippen molar-refractivity contribution in [3.63, 3.8) is 0 Å². The minimum absolute atomic E-state index is 0.325. The van der Waals surface area contributed by atoms with Gasteiger partial charge in [0, 0.05) is 6.20 Å². The Balaban J connectivity index is 2.37. The molecule has 102 valence electrons. The zero-order valence-electron chi connectivity index (χ0n) is 11.2. The highest BCUT2D eigenvalue weighted by Crippen LogP contribution is 2.29. The van der Waals surface area contributed by atoms with Crippen LogP contribution >= 0.6 is 0 Å². The third kappa shape index (κ3) is 3.12. The van der Waals surface area contributed by atoms with Gasteiger partial charge in [0.15, 0.2) is 0 Å². The van der Waals surface area contributed by atoms with E-state index in [9.17, 15) is 9.65 Å². The molecule has 0 saturated carbocycles. The van der Waals surface area contributed by atoms with Crippen molar-refractivity contribution >= 4 is 0 Å². The van der Waals surface area contributed by atoms with Gasteiger partial charge in [-0.1, -0.05) is 19.1 Å². The van der Waals surface area contributed by atoms with E-state index in [2.05, 4.69) is 11.1 Å². The SMILES string of the molecule is CCCOc1cccnc1C(C#N)c1ccc(F)cc1. The number of ether oxygens (including phenoxy) is 1. The van der Waals surface area contributed by atoms with Crippen molar-refractivity contribution in [3.05, 3.63) is 59.7 Å². The fourth-order valence-electron chi connectivity index (χ4n) is 1.90. The highest BCUT2D eigenvalue weighted by molar-refractivity contribution is 5.41. The number of hydrogen-bond acceptors (Lipinski definition) is 3. The Morgan fingerprint density at radius 2 is 2.05 bits per heavy atom. The smallest absolute Gasteiger partial charge is 0.142 e. The van der Waals surface area contributed by atoms with Gasteiger partial charge in [0.1, 0.15) is 23.2 Å². The van der Waals surface area contributed by atoms with Gasteiger partial charge in [0.25, 0.3) is 0 Å². The standard InChI is InChI=1S/C16H15FN2O/c1-2-10-20-15-4-3-9-19-16(15)14(11-18)12-5-7-13(17)8-6-12/h3-9,14H,2,10H2,1H3. The van der Waals surface area contributed by atoms with E-state index in [1.54, 1.807) is 30.5 Å². The summed E-state index contributed by atoms with van der Waals surface area (Å²) in [5, 5.41) is 9.41. The molecule has 0 aliphatic rings. The van der Waals surface area contributed by atoms with E-state index < -0.39 is 5.92 Å². The first-order chi connectivity index (χ1) is 9.76. The Bertz CT molecular complexity index is 605. The molecule has 1 aromatic carbocycles. The first-order valence-corrected chi connectivity index (χ1v) is 6.49. The number of benzene rings is 1. The van der Waals surface area contributed by atoms with Crippen LogP contribution < -0.4 is 4.74 Å². The summed E-state index contributed by atoms with van der Waals surface area (Å²) in [7, 11) is 0. The van der Waals surface area contributed by atoms with Crippen molar-refractivity contribution in [3.8, 4) is 11.8 Å². The lowest BCUT2D eigenvalue weighted by molar-refractivity contribution is 0.312. The van der Waals surface area contributed by atoms with Crippen molar-refractivity contribution in [1.29, 1.82) is 5.26 Å². The molecule has 1 atom stereocenters. The molecule has 0 radical (unpaired) electrons. The Labute approximate surface area is 117 Å². The highest BCUT2D eigenvalue weighted by atomic mass is 19.1. The fraction of sp³-hybridized carbons (Fsp3) is 0.250. The molecule has 2 rings (SSSR count). The highest BCUT2D eigenvalue weighted by Gasteiger charge is 2.19. The maximum absolute atomic E-state index is 13.0. The van der Waals surface area contributed by atoms with Gasteiger partial charge in [-0.25, -0.2) is 4.39 Å². The molecule has 0 aliphatic carbocycles. The number of hydrogen-bond donors (Lipinski definition) is 0. The average molecular weight is 270 g/mol. The summed E-state index contributed by atoms with van der Waals surface area (Å²) in [6, 6.07) is 11.7. The molecule has 1 aromatic heterocycles. The molecule has 0 bridgehead atoms. The first-order valence-electron chi connectivity index (χ1n) is 6.49. The maximum Gasteiger partial charge on any atom is 0.142 e.